The van der Waals surface area contributed by atoms with E-state index in [-0.39, 0.29) is 0 Å². The second-order valence-corrected chi connectivity index (χ2v) is 3.76. The Morgan fingerprint density at radius 2 is 0.542 bits per heavy atom. The van der Waals surface area contributed by atoms with Crippen molar-refractivity contribution in [3.05, 3.63) is 0 Å². The van der Waals surface area contributed by atoms with E-state index in [9.17, 15) is 70.2 Å². The summed E-state index contributed by atoms with van der Waals surface area (Å²) in [4.78, 5) is 0. The lowest BCUT2D eigenvalue weighted by Crippen LogP contribution is -2.46. The highest BCUT2D eigenvalue weighted by atomic mass is 19.4. The summed E-state index contributed by atoms with van der Waals surface area (Å²) in [6, 6.07) is 0. The maximum Gasteiger partial charge on any atom is 0.425 e. The number of hydrogen-bond acceptors (Lipinski definition) is 0. The molecule has 0 aromatic rings. The summed E-state index contributed by atoms with van der Waals surface area (Å²) in [7, 11) is 0. The minimum atomic E-state index is -5.97. The van der Waals surface area contributed by atoms with Gasteiger partial charge in [0, 0.05) is 0 Å². The molecule has 0 spiro atoms. The molecule has 0 aromatic carbocycles. The minimum Gasteiger partial charge on any atom is -0.230 e. The van der Waals surface area contributed by atoms with Gasteiger partial charge in [-0.2, -0.15) is 43.9 Å². The van der Waals surface area contributed by atoms with Crippen molar-refractivity contribution in [1.29, 1.82) is 0 Å². The third kappa shape index (κ3) is 6.78. The molecule has 0 bridgehead atoms. The first kappa shape index (κ1) is 25.1. The topological polar surface area (TPSA) is 0 Å². The van der Waals surface area contributed by atoms with Gasteiger partial charge in [0.15, 0.2) is 0 Å². The fourth-order valence-corrected chi connectivity index (χ4v) is 0.658. The minimum absolute atomic E-state index is 4.67. The molecule has 0 rings (SSSR count). The van der Waals surface area contributed by atoms with Crippen molar-refractivity contribution in [2.24, 2.45) is 0 Å². The van der Waals surface area contributed by atoms with Crippen LogP contribution in [0.25, 0.3) is 0 Å². The zero-order valence-corrected chi connectivity index (χ0v) is 10.4. The van der Waals surface area contributed by atoms with Crippen molar-refractivity contribution >= 4 is 0 Å². The molecule has 2 unspecified atom stereocenters. The van der Waals surface area contributed by atoms with Crippen molar-refractivity contribution in [2.75, 3.05) is 0 Å². The van der Waals surface area contributed by atoms with Crippen molar-refractivity contribution < 1.29 is 70.2 Å². The third-order valence-corrected chi connectivity index (χ3v) is 1.83. The standard InChI is InChI=1S/2C4H2F8/c2*5-1(4(10,11)12)3(8,9)2(6)7/h2*1-2H. The van der Waals surface area contributed by atoms with Gasteiger partial charge in [0.1, 0.15) is 0 Å². The Labute approximate surface area is 121 Å². The summed E-state index contributed by atoms with van der Waals surface area (Å²) in [5.74, 6) is -11.4. The highest BCUT2D eigenvalue weighted by molar-refractivity contribution is 4.85. The largest absolute Gasteiger partial charge is 0.425 e. The van der Waals surface area contributed by atoms with Crippen LogP contribution in [0.3, 0.4) is 0 Å². The van der Waals surface area contributed by atoms with Crippen LogP contribution in [-0.4, -0.2) is 49.4 Å². The van der Waals surface area contributed by atoms with Crippen LogP contribution in [0, 0.1) is 0 Å². The maximum absolute atomic E-state index is 11.6. The lowest BCUT2D eigenvalue weighted by molar-refractivity contribution is -0.274. The third-order valence-electron chi connectivity index (χ3n) is 1.83. The normalized spacial score (nSPS) is 16.8. The van der Waals surface area contributed by atoms with Gasteiger partial charge in [0.2, 0.25) is 0 Å². The number of halogens is 16. The zero-order chi connectivity index (χ0) is 20.3. The number of alkyl halides is 16. The number of hydrogen-bond donors (Lipinski definition) is 0. The molecule has 0 amide bonds. The van der Waals surface area contributed by atoms with Crippen LogP contribution in [0.2, 0.25) is 0 Å². The monoisotopic (exact) mass is 404 g/mol. The molecule has 0 N–H and O–H groups in total. The molecule has 2 atom stereocenters. The molecular weight excluding hydrogens is 400 g/mol. The molecule has 0 fully saturated rings. The lowest BCUT2D eigenvalue weighted by Gasteiger charge is -2.21. The van der Waals surface area contributed by atoms with Crippen LogP contribution >= 0.6 is 0 Å². The van der Waals surface area contributed by atoms with Crippen LogP contribution in [0.1, 0.15) is 0 Å². The van der Waals surface area contributed by atoms with Gasteiger partial charge in [-0.15, -0.1) is 0 Å². The van der Waals surface area contributed by atoms with Gasteiger partial charge in [0.25, 0.3) is 12.3 Å². The predicted octanol–water partition coefficient (Wildman–Crippen LogP) is 5.57. The molecule has 0 nitrogen and oxygen atoms in total. The Balaban J connectivity index is 0. The van der Waals surface area contributed by atoms with Crippen LogP contribution in [0.15, 0.2) is 0 Å². The molecule has 24 heavy (non-hydrogen) atoms. The van der Waals surface area contributed by atoms with Crippen LogP contribution in [0.4, 0.5) is 70.2 Å². The van der Waals surface area contributed by atoms with E-state index in [0.29, 0.717) is 0 Å². The van der Waals surface area contributed by atoms with Crippen LogP contribution in [0.5, 0.6) is 0 Å². The van der Waals surface area contributed by atoms with E-state index >= 15 is 0 Å². The van der Waals surface area contributed by atoms with E-state index in [1.165, 1.54) is 0 Å². The molecular formula is C8H4F16. The van der Waals surface area contributed by atoms with E-state index in [0.717, 1.165) is 0 Å². The second kappa shape index (κ2) is 7.84. The summed E-state index contributed by atoms with van der Waals surface area (Å²) in [6.07, 6.45) is -30.9. The molecule has 0 heterocycles. The lowest BCUT2D eigenvalue weighted by atomic mass is 10.2. The first-order valence-electron chi connectivity index (χ1n) is 4.93. The first-order valence-corrected chi connectivity index (χ1v) is 4.93. The van der Waals surface area contributed by atoms with E-state index < -0.39 is 49.4 Å². The molecule has 0 saturated carbocycles. The fourth-order valence-electron chi connectivity index (χ4n) is 0.658. The Hall–Kier alpha value is -1.12. The van der Waals surface area contributed by atoms with Gasteiger partial charge in [-0.1, -0.05) is 0 Å². The molecule has 0 aliphatic rings. The Morgan fingerprint density at radius 1 is 0.375 bits per heavy atom. The smallest absolute Gasteiger partial charge is 0.230 e. The maximum atomic E-state index is 11.6. The summed E-state index contributed by atoms with van der Waals surface area (Å²) in [5.41, 5.74) is 0. The second-order valence-electron chi connectivity index (χ2n) is 3.76. The highest BCUT2D eigenvalue weighted by Crippen LogP contribution is 2.39. The molecule has 0 saturated heterocycles. The van der Waals surface area contributed by atoms with Crippen LogP contribution in [-0.2, 0) is 0 Å². The van der Waals surface area contributed by atoms with E-state index in [2.05, 4.69) is 0 Å². The van der Waals surface area contributed by atoms with E-state index in [4.69, 9.17) is 0 Å². The Bertz CT molecular complexity index is 327. The van der Waals surface area contributed by atoms with E-state index in [1.54, 1.807) is 0 Å². The molecule has 0 radical (unpaired) electrons. The van der Waals surface area contributed by atoms with Gasteiger partial charge < -0.3 is 0 Å². The molecule has 16 heteroatoms. The summed E-state index contributed by atoms with van der Waals surface area (Å²) >= 11 is 0. The zero-order valence-electron chi connectivity index (χ0n) is 10.4. The van der Waals surface area contributed by atoms with Crippen LogP contribution < -0.4 is 0 Å². The first-order chi connectivity index (χ1) is 10.2. The average Bonchev–Trinajstić information content (AvgIpc) is 2.34. The highest BCUT2D eigenvalue weighted by Gasteiger charge is 2.62. The number of rotatable bonds is 4. The van der Waals surface area contributed by atoms with Crippen molar-refractivity contribution in [3.63, 3.8) is 0 Å². The molecule has 0 aliphatic heterocycles. The SMILES string of the molecule is FC(F)C(F)(F)C(F)C(F)(F)F.FC(F)C(F)(F)C(F)C(F)(F)F. The van der Waals surface area contributed by atoms with Crippen molar-refractivity contribution in [1.82, 2.24) is 0 Å². The van der Waals surface area contributed by atoms with E-state index in [1.807, 2.05) is 0 Å². The van der Waals surface area contributed by atoms with Crippen molar-refractivity contribution in [2.45, 2.75) is 49.4 Å². The molecule has 0 aliphatic carbocycles. The van der Waals surface area contributed by atoms with Gasteiger partial charge in [-0.05, 0) is 0 Å². The van der Waals surface area contributed by atoms with Gasteiger partial charge >= 0.3 is 37.0 Å². The summed E-state index contributed by atoms with van der Waals surface area (Å²) < 4.78 is 181. The quantitative estimate of drug-likeness (QED) is 0.538. The van der Waals surface area contributed by atoms with Gasteiger partial charge in [0.05, 0.1) is 0 Å². The molecule has 148 valence electrons. The molecule has 0 aromatic heterocycles. The summed E-state index contributed by atoms with van der Waals surface area (Å²) in [5, 5.41) is 0. The average molecular weight is 404 g/mol. The van der Waals surface area contributed by atoms with Gasteiger partial charge in [-0.3, -0.25) is 0 Å². The predicted molar refractivity (Wildman–Crippen MR) is 43.8 cm³/mol. The fraction of sp³-hybridized carbons (Fsp3) is 1.00. The van der Waals surface area contributed by atoms with Gasteiger partial charge in [-0.25, -0.2) is 26.3 Å². The Kier molecular flexibility index (Phi) is 8.21. The van der Waals surface area contributed by atoms with Crippen molar-refractivity contribution in [3.8, 4) is 0 Å². The Morgan fingerprint density at radius 3 is 0.583 bits per heavy atom. The summed E-state index contributed by atoms with van der Waals surface area (Å²) in [6.45, 7) is 0.